The van der Waals surface area contributed by atoms with Crippen molar-refractivity contribution >= 4 is 21.4 Å². The van der Waals surface area contributed by atoms with Gasteiger partial charge in [0.1, 0.15) is 6.04 Å². The molecule has 0 aromatic heterocycles. The minimum Gasteiger partial charge on any atom is -0.333 e. The molecule has 2 aliphatic rings. The molecule has 0 aliphatic carbocycles. The highest BCUT2D eigenvalue weighted by Gasteiger charge is 2.37. The first-order chi connectivity index (χ1) is 12.4. The van der Waals surface area contributed by atoms with Gasteiger partial charge in [-0.05, 0) is 35.4 Å². The molecule has 0 bridgehead atoms. The van der Waals surface area contributed by atoms with E-state index in [1.54, 1.807) is 36.5 Å². The molecule has 130 valence electrons. The molecular weight excluding hydrogens is 350 g/mol. The fraction of sp³-hybridized carbons (Fsp3) is 0.158. The summed E-state index contributed by atoms with van der Waals surface area (Å²) in [7, 11) is -3.28. The van der Waals surface area contributed by atoms with Crippen LogP contribution >= 0.6 is 0 Å². The Kier molecular flexibility index (Phi) is 3.60. The number of fused-ring (bicyclic) bond motifs is 3. The van der Waals surface area contributed by atoms with E-state index in [4.69, 9.17) is 0 Å². The Morgan fingerprint density at radius 1 is 1.23 bits per heavy atom. The quantitative estimate of drug-likeness (QED) is 0.879. The van der Waals surface area contributed by atoms with Crippen LogP contribution in [0.2, 0.25) is 0 Å². The standard InChI is InChI=1S/C19H15N3O3S/c1-26(24,25)15-4-2-13(3-5-15)16-9-12(11-20)8-14-10-17-19(23)21-6-7-22(17)18(14)16/h2-9,17H,10H2,1H3,(H,21,23). The summed E-state index contributed by atoms with van der Waals surface area (Å²) in [4.78, 5) is 14.3. The molecule has 4 rings (SSSR count). The van der Waals surface area contributed by atoms with Crippen molar-refractivity contribution in [3.63, 3.8) is 0 Å². The van der Waals surface area contributed by atoms with Crippen LogP contribution in [0.25, 0.3) is 11.1 Å². The van der Waals surface area contributed by atoms with Gasteiger partial charge in [-0.3, -0.25) is 4.79 Å². The highest BCUT2D eigenvalue weighted by Crippen LogP contribution is 2.42. The second-order valence-electron chi connectivity index (χ2n) is 6.39. The summed E-state index contributed by atoms with van der Waals surface area (Å²) < 4.78 is 23.4. The molecule has 1 atom stereocenters. The van der Waals surface area contributed by atoms with Gasteiger partial charge in [0.05, 0.1) is 22.2 Å². The number of nitrogens with zero attached hydrogens (tertiary/aromatic N) is 2. The molecule has 1 amide bonds. The van der Waals surface area contributed by atoms with Gasteiger partial charge in [0, 0.05) is 30.6 Å². The normalized spacial score (nSPS) is 18.1. The summed E-state index contributed by atoms with van der Waals surface area (Å²) in [5.41, 5.74) is 3.92. The lowest BCUT2D eigenvalue weighted by Gasteiger charge is -2.27. The van der Waals surface area contributed by atoms with Gasteiger partial charge in [0.25, 0.3) is 0 Å². The number of carbonyl (C=O) groups excluding carboxylic acids is 1. The molecule has 0 fully saturated rings. The lowest BCUT2D eigenvalue weighted by atomic mass is 9.97. The average Bonchev–Trinajstić information content (AvgIpc) is 3.00. The molecule has 0 saturated heterocycles. The zero-order valence-corrected chi connectivity index (χ0v) is 14.7. The maximum Gasteiger partial charge on any atom is 0.247 e. The topological polar surface area (TPSA) is 90.3 Å². The molecular formula is C19H15N3O3S. The minimum absolute atomic E-state index is 0.0828. The number of nitriles is 1. The third-order valence-corrected chi connectivity index (χ3v) is 5.81. The third kappa shape index (κ3) is 2.55. The largest absolute Gasteiger partial charge is 0.333 e. The van der Waals surface area contributed by atoms with Gasteiger partial charge in [-0.1, -0.05) is 12.1 Å². The maximum absolute atomic E-state index is 12.2. The van der Waals surface area contributed by atoms with Crippen LogP contribution in [0.5, 0.6) is 0 Å². The highest BCUT2D eigenvalue weighted by molar-refractivity contribution is 7.90. The Balaban J connectivity index is 1.89. The van der Waals surface area contributed by atoms with E-state index >= 15 is 0 Å². The summed E-state index contributed by atoms with van der Waals surface area (Å²) in [6.07, 6.45) is 5.11. The van der Waals surface area contributed by atoms with E-state index in [1.807, 2.05) is 17.2 Å². The molecule has 7 heteroatoms. The number of sulfone groups is 1. The van der Waals surface area contributed by atoms with Crippen LogP contribution < -0.4 is 10.2 Å². The maximum atomic E-state index is 12.2. The Labute approximate surface area is 151 Å². The molecule has 2 heterocycles. The molecule has 0 radical (unpaired) electrons. The summed E-state index contributed by atoms with van der Waals surface area (Å²) in [5.74, 6) is -0.0828. The van der Waals surface area contributed by atoms with Crippen molar-refractivity contribution in [2.24, 2.45) is 0 Å². The van der Waals surface area contributed by atoms with Crippen molar-refractivity contribution in [2.45, 2.75) is 17.4 Å². The van der Waals surface area contributed by atoms with E-state index in [0.29, 0.717) is 12.0 Å². The van der Waals surface area contributed by atoms with Crippen LogP contribution in [0.3, 0.4) is 0 Å². The van der Waals surface area contributed by atoms with Crippen molar-refractivity contribution in [1.82, 2.24) is 5.32 Å². The molecule has 1 N–H and O–H groups in total. The third-order valence-electron chi connectivity index (χ3n) is 4.68. The van der Waals surface area contributed by atoms with Gasteiger partial charge < -0.3 is 10.2 Å². The first-order valence-electron chi connectivity index (χ1n) is 8.01. The Bertz CT molecular complexity index is 1100. The Hall–Kier alpha value is -3.11. The van der Waals surface area contributed by atoms with Gasteiger partial charge in [-0.25, -0.2) is 8.42 Å². The first-order valence-corrected chi connectivity index (χ1v) is 9.90. The van der Waals surface area contributed by atoms with E-state index in [1.165, 1.54) is 0 Å². The van der Waals surface area contributed by atoms with Gasteiger partial charge in [0.15, 0.2) is 9.84 Å². The molecule has 2 aromatic rings. The fourth-order valence-electron chi connectivity index (χ4n) is 3.48. The van der Waals surface area contributed by atoms with E-state index in [0.717, 1.165) is 28.6 Å². The number of rotatable bonds is 2. The van der Waals surface area contributed by atoms with Crippen LogP contribution in [0.1, 0.15) is 11.1 Å². The van der Waals surface area contributed by atoms with Crippen molar-refractivity contribution in [3.05, 3.63) is 59.9 Å². The lowest BCUT2D eigenvalue weighted by Crippen LogP contribution is -2.44. The van der Waals surface area contributed by atoms with E-state index < -0.39 is 9.84 Å². The number of benzene rings is 2. The number of hydrogen-bond donors (Lipinski definition) is 1. The minimum atomic E-state index is -3.28. The summed E-state index contributed by atoms with van der Waals surface area (Å²) >= 11 is 0. The highest BCUT2D eigenvalue weighted by atomic mass is 32.2. The van der Waals surface area contributed by atoms with Crippen molar-refractivity contribution < 1.29 is 13.2 Å². The number of carbonyl (C=O) groups is 1. The Morgan fingerprint density at radius 3 is 2.62 bits per heavy atom. The van der Waals surface area contributed by atoms with Gasteiger partial charge >= 0.3 is 0 Å². The molecule has 0 spiro atoms. The van der Waals surface area contributed by atoms with Crippen molar-refractivity contribution in [2.75, 3.05) is 11.2 Å². The predicted molar refractivity (Wildman–Crippen MR) is 97.0 cm³/mol. The monoisotopic (exact) mass is 365 g/mol. The van der Waals surface area contributed by atoms with Gasteiger partial charge in [-0.2, -0.15) is 5.26 Å². The lowest BCUT2D eigenvalue weighted by molar-refractivity contribution is -0.121. The second kappa shape index (κ2) is 5.71. The van der Waals surface area contributed by atoms with Crippen LogP contribution in [0, 0.1) is 11.3 Å². The molecule has 1 unspecified atom stereocenters. The number of hydrogen-bond acceptors (Lipinski definition) is 5. The van der Waals surface area contributed by atoms with Crippen LogP contribution in [-0.2, 0) is 21.1 Å². The molecule has 6 nitrogen and oxygen atoms in total. The van der Waals surface area contributed by atoms with Crippen molar-refractivity contribution in [1.29, 1.82) is 5.26 Å². The summed E-state index contributed by atoms with van der Waals surface area (Å²) in [6, 6.07) is 12.0. The number of amides is 1. The van der Waals surface area contributed by atoms with E-state index in [2.05, 4.69) is 11.4 Å². The van der Waals surface area contributed by atoms with Crippen LogP contribution in [-0.4, -0.2) is 26.6 Å². The number of anilines is 1. The van der Waals surface area contributed by atoms with Gasteiger partial charge in [-0.15, -0.1) is 0 Å². The smallest absolute Gasteiger partial charge is 0.247 e. The number of nitrogens with one attached hydrogen (secondary N) is 1. The zero-order valence-electron chi connectivity index (χ0n) is 13.9. The SMILES string of the molecule is CS(=O)(=O)c1ccc(-c2cc(C#N)cc3c2N2C=CNC(=O)C2C3)cc1. The van der Waals surface area contributed by atoms with E-state index in [-0.39, 0.29) is 16.8 Å². The van der Waals surface area contributed by atoms with Crippen LogP contribution in [0.15, 0.2) is 53.7 Å². The Morgan fingerprint density at radius 2 is 1.96 bits per heavy atom. The molecule has 26 heavy (non-hydrogen) atoms. The first kappa shape index (κ1) is 16.4. The zero-order chi connectivity index (χ0) is 18.5. The van der Waals surface area contributed by atoms with Gasteiger partial charge in [0.2, 0.25) is 5.91 Å². The average molecular weight is 365 g/mol. The summed E-state index contributed by atoms with van der Waals surface area (Å²) in [6.45, 7) is 0. The van der Waals surface area contributed by atoms with Crippen LogP contribution in [0.4, 0.5) is 5.69 Å². The van der Waals surface area contributed by atoms with E-state index in [9.17, 15) is 18.5 Å². The summed E-state index contributed by atoms with van der Waals surface area (Å²) in [5, 5.41) is 12.1. The predicted octanol–water partition coefficient (Wildman–Crippen LogP) is 1.96. The second-order valence-corrected chi connectivity index (χ2v) is 8.41. The fourth-order valence-corrected chi connectivity index (χ4v) is 4.11. The molecule has 2 aromatic carbocycles. The van der Waals surface area contributed by atoms with Crippen molar-refractivity contribution in [3.8, 4) is 17.2 Å². The molecule has 0 saturated carbocycles. The molecule has 2 aliphatic heterocycles.